The minimum Gasteiger partial charge on any atom is -0.477 e. The van der Waals surface area contributed by atoms with Crippen LogP contribution in [0.4, 0.5) is 5.95 Å². The number of nitrogens with zero attached hydrogens (tertiary/aromatic N) is 5. The minimum absolute atomic E-state index is 0.219. The van der Waals surface area contributed by atoms with Gasteiger partial charge in [-0.2, -0.15) is 4.98 Å². The van der Waals surface area contributed by atoms with Crippen LogP contribution in [0.3, 0.4) is 0 Å². The Kier molecular flexibility index (Phi) is 3.81. The number of para-hydroxylation sites is 1. The Morgan fingerprint density at radius 1 is 1.18 bits per heavy atom. The quantitative estimate of drug-likeness (QED) is 0.554. The van der Waals surface area contributed by atoms with E-state index in [4.69, 9.17) is 4.98 Å². The molecule has 28 heavy (non-hydrogen) atoms. The summed E-state index contributed by atoms with van der Waals surface area (Å²) in [6.07, 6.45) is 1.46. The Hall–Kier alpha value is -3.04. The van der Waals surface area contributed by atoms with Crippen molar-refractivity contribution in [2.45, 2.75) is 0 Å². The molecule has 1 saturated heterocycles. The Bertz CT molecular complexity index is 1300. The molecule has 3 aromatic heterocycles. The highest BCUT2D eigenvalue weighted by atomic mass is 32.1. The Labute approximate surface area is 163 Å². The fraction of sp³-hybridized carbons (Fsp3) is 0.263. The SMILES string of the molecule is CN1CCN(c2ncc3c(=O)c(C(=O)O)c4sc5ccccc5n4c3n2)CC1. The zero-order valence-corrected chi connectivity index (χ0v) is 15.9. The van der Waals surface area contributed by atoms with E-state index < -0.39 is 11.4 Å². The summed E-state index contributed by atoms with van der Waals surface area (Å²) < 4.78 is 2.68. The number of thiazole rings is 1. The monoisotopic (exact) mass is 395 g/mol. The topological polar surface area (TPSA) is 91.0 Å². The van der Waals surface area contributed by atoms with Gasteiger partial charge in [-0.15, -0.1) is 11.3 Å². The van der Waals surface area contributed by atoms with Crippen LogP contribution >= 0.6 is 11.3 Å². The highest BCUT2D eigenvalue weighted by molar-refractivity contribution is 7.24. The lowest BCUT2D eigenvalue weighted by molar-refractivity contribution is 0.0697. The normalized spacial score (nSPS) is 15.7. The Morgan fingerprint density at radius 3 is 2.68 bits per heavy atom. The summed E-state index contributed by atoms with van der Waals surface area (Å²) in [5.41, 5.74) is 0.507. The van der Waals surface area contributed by atoms with E-state index >= 15 is 0 Å². The van der Waals surface area contributed by atoms with Gasteiger partial charge >= 0.3 is 5.97 Å². The van der Waals surface area contributed by atoms with Crippen LogP contribution in [0.2, 0.25) is 0 Å². The van der Waals surface area contributed by atoms with E-state index in [0.29, 0.717) is 16.4 Å². The number of carboxylic acid groups (broad SMARTS) is 1. The van der Waals surface area contributed by atoms with Crippen molar-refractivity contribution in [3.05, 3.63) is 46.2 Å². The largest absolute Gasteiger partial charge is 0.477 e. The number of rotatable bonds is 2. The van der Waals surface area contributed by atoms with Crippen LogP contribution in [-0.4, -0.2) is 63.6 Å². The van der Waals surface area contributed by atoms with Crippen molar-refractivity contribution in [3.63, 3.8) is 0 Å². The van der Waals surface area contributed by atoms with Gasteiger partial charge in [0.2, 0.25) is 11.4 Å². The number of fused-ring (bicyclic) bond motifs is 5. The van der Waals surface area contributed by atoms with Crippen LogP contribution in [0.25, 0.3) is 26.1 Å². The van der Waals surface area contributed by atoms with Crippen LogP contribution < -0.4 is 10.3 Å². The van der Waals surface area contributed by atoms with Crippen molar-refractivity contribution >= 4 is 49.3 Å². The van der Waals surface area contributed by atoms with Gasteiger partial charge in [0.1, 0.15) is 10.4 Å². The fourth-order valence-electron chi connectivity index (χ4n) is 3.63. The highest BCUT2D eigenvalue weighted by Crippen LogP contribution is 2.30. The van der Waals surface area contributed by atoms with E-state index in [1.165, 1.54) is 17.5 Å². The van der Waals surface area contributed by atoms with Crippen molar-refractivity contribution in [2.24, 2.45) is 0 Å². The third-order valence-electron chi connectivity index (χ3n) is 5.17. The number of piperazine rings is 1. The molecule has 0 saturated carbocycles. The fourth-order valence-corrected chi connectivity index (χ4v) is 4.81. The van der Waals surface area contributed by atoms with E-state index in [-0.39, 0.29) is 10.9 Å². The Morgan fingerprint density at radius 2 is 1.93 bits per heavy atom. The maximum atomic E-state index is 12.9. The highest BCUT2D eigenvalue weighted by Gasteiger charge is 2.24. The molecule has 0 aliphatic carbocycles. The minimum atomic E-state index is -1.24. The molecule has 8 nitrogen and oxygen atoms in total. The van der Waals surface area contributed by atoms with Crippen molar-refractivity contribution < 1.29 is 9.90 Å². The van der Waals surface area contributed by atoms with Gasteiger partial charge in [-0.1, -0.05) is 12.1 Å². The predicted octanol–water partition coefficient (Wildman–Crippen LogP) is 1.91. The first-order valence-corrected chi connectivity index (χ1v) is 9.76. The summed E-state index contributed by atoms with van der Waals surface area (Å²) in [5.74, 6) is -0.675. The van der Waals surface area contributed by atoms with Gasteiger partial charge in [0, 0.05) is 32.4 Å². The standard InChI is InChI=1S/C19H17N5O3S/c1-22-6-8-23(9-7-22)19-20-10-11-15(25)14(18(26)27)17-24(16(11)21-19)12-4-2-3-5-13(12)28-17/h2-5,10H,6-9H2,1H3,(H,26,27). The van der Waals surface area contributed by atoms with E-state index in [0.717, 1.165) is 36.4 Å². The number of carbonyl (C=O) groups is 1. The van der Waals surface area contributed by atoms with Crippen LogP contribution in [0.5, 0.6) is 0 Å². The van der Waals surface area contributed by atoms with Gasteiger partial charge in [-0.05, 0) is 19.2 Å². The summed E-state index contributed by atoms with van der Waals surface area (Å²) in [5, 5.41) is 9.89. The van der Waals surface area contributed by atoms with Crippen molar-refractivity contribution in [1.29, 1.82) is 0 Å². The zero-order valence-electron chi connectivity index (χ0n) is 15.1. The van der Waals surface area contributed by atoms with Crippen LogP contribution in [0.15, 0.2) is 35.3 Å². The van der Waals surface area contributed by atoms with E-state index in [1.54, 1.807) is 4.40 Å². The summed E-state index contributed by atoms with van der Waals surface area (Å²) in [7, 11) is 2.08. The number of aromatic nitrogens is 3. The number of pyridine rings is 1. The first-order valence-electron chi connectivity index (χ1n) is 8.94. The predicted molar refractivity (Wildman–Crippen MR) is 109 cm³/mol. The average molecular weight is 395 g/mol. The second-order valence-electron chi connectivity index (χ2n) is 6.92. The molecule has 0 radical (unpaired) electrons. The second-order valence-corrected chi connectivity index (χ2v) is 7.95. The maximum Gasteiger partial charge on any atom is 0.342 e. The lowest BCUT2D eigenvalue weighted by Gasteiger charge is -2.32. The zero-order chi connectivity index (χ0) is 19.4. The molecule has 1 aliphatic heterocycles. The molecule has 4 aromatic rings. The van der Waals surface area contributed by atoms with Crippen LogP contribution in [-0.2, 0) is 0 Å². The third kappa shape index (κ3) is 2.47. The maximum absolute atomic E-state index is 12.9. The molecule has 0 atom stereocenters. The molecule has 142 valence electrons. The lowest BCUT2D eigenvalue weighted by atomic mass is 10.2. The number of anilines is 1. The van der Waals surface area contributed by atoms with Gasteiger partial charge in [0.05, 0.1) is 15.6 Å². The molecule has 1 aromatic carbocycles. The molecule has 0 amide bonds. The smallest absolute Gasteiger partial charge is 0.342 e. The number of aromatic carboxylic acids is 1. The first-order chi connectivity index (χ1) is 13.5. The van der Waals surface area contributed by atoms with Crippen LogP contribution in [0, 0.1) is 0 Å². The van der Waals surface area contributed by atoms with Gasteiger partial charge in [0.25, 0.3) is 0 Å². The molecule has 0 spiro atoms. The molecular formula is C19H17N5O3S. The van der Waals surface area contributed by atoms with Crippen LogP contribution in [0.1, 0.15) is 10.4 Å². The molecule has 1 fully saturated rings. The van der Waals surface area contributed by atoms with Crippen molar-refractivity contribution in [2.75, 3.05) is 38.1 Å². The van der Waals surface area contributed by atoms with Gasteiger partial charge in [0.15, 0.2) is 5.65 Å². The summed E-state index contributed by atoms with van der Waals surface area (Å²) in [6, 6.07) is 7.61. The lowest BCUT2D eigenvalue weighted by Crippen LogP contribution is -2.45. The molecule has 5 rings (SSSR count). The molecule has 1 N–H and O–H groups in total. The van der Waals surface area contributed by atoms with Gasteiger partial charge in [-0.3, -0.25) is 9.20 Å². The number of likely N-dealkylation sites (N-methyl/N-ethyl adjacent to an activating group) is 1. The molecule has 1 aliphatic rings. The summed E-state index contributed by atoms with van der Waals surface area (Å²) in [4.78, 5) is 38.6. The number of hydrogen-bond donors (Lipinski definition) is 1. The average Bonchev–Trinajstić information content (AvgIpc) is 3.07. The third-order valence-corrected chi connectivity index (χ3v) is 6.31. The summed E-state index contributed by atoms with van der Waals surface area (Å²) >= 11 is 1.29. The van der Waals surface area contributed by atoms with Crippen molar-refractivity contribution in [1.82, 2.24) is 19.3 Å². The number of carboxylic acids is 1. The van der Waals surface area contributed by atoms with Gasteiger partial charge in [-0.25, -0.2) is 9.78 Å². The summed E-state index contributed by atoms with van der Waals surface area (Å²) in [6.45, 7) is 3.43. The molecule has 0 unspecified atom stereocenters. The number of hydrogen-bond acceptors (Lipinski definition) is 7. The Balaban J connectivity index is 1.86. The number of benzene rings is 1. The van der Waals surface area contributed by atoms with Crippen molar-refractivity contribution in [3.8, 4) is 0 Å². The van der Waals surface area contributed by atoms with E-state index in [2.05, 4.69) is 21.8 Å². The van der Waals surface area contributed by atoms with E-state index in [1.807, 2.05) is 24.3 Å². The molecular weight excluding hydrogens is 378 g/mol. The first kappa shape index (κ1) is 17.1. The second kappa shape index (κ2) is 6.25. The molecule has 0 bridgehead atoms. The molecule has 9 heteroatoms. The molecule has 4 heterocycles. The van der Waals surface area contributed by atoms with E-state index in [9.17, 15) is 14.7 Å². The van der Waals surface area contributed by atoms with Gasteiger partial charge < -0.3 is 14.9 Å².